The van der Waals surface area contributed by atoms with Crippen LogP contribution in [0.2, 0.25) is 0 Å². The molecule has 1 aliphatic heterocycles. The summed E-state index contributed by atoms with van der Waals surface area (Å²) in [5.41, 5.74) is 1.64. The summed E-state index contributed by atoms with van der Waals surface area (Å²) >= 11 is 0. The Morgan fingerprint density at radius 2 is 2.32 bits per heavy atom. The van der Waals surface area contributed by atoms with Crippen LogP contribution in [0.15, 0.2) is 28.7 Å². The van der Waals surface area contributed by atoms with Gasteiger partial charge in [0.15, 0.2) is 11.5 Å². The molecule has 1 aromatic heterocycles. The maximum absolute atomic E-state index is 11.8. The molecule has 5 heteroatoms. The number of fused-ring (bicyclic) bond motifs is 1. The van der Waals surface area contributed by atoms with Crippen LogP contribution in [0.1, 0.15) is 12.3 Å². The molecule has 1 aliphatic rings. The molecule has 1 atom stereocenters. The summed E-state index contributed by atoms with van der Waals surface area (Å²) < 4.78 is 10.8. The first-order chi connectivity index (χ1) is 9.33. The predicted molar refractivity (Wildman–Crippen MR) is 69.6 cm³/mol. The van der Waals surface area contributed by atoms with Gasteiger partial charge in [0.1, 0.15) is 5.52 Å². The molecule has 2 aromatic rings. The lowest BCUT2D eigenvalue weighted by atomic mass is 10.1. The minimum Gasteiger partial charge on any atom is -0.441 e. The van der Waals surface area contributed by atoms with Gasteiger partial charge in [0.25, 0.3) is 0 Å². The highest BCUT2D eigenvalue weighted by Crippen LogP contribution is 2.15. The third-order valence-corrected chi connectivity index (χ3v) is 3.28. The minimum atomic E-state index is 0.00336. The van der Waals surface area contributed by atoms with E-state index in [-0.39, 0.29) is 11.8 Å². The van der Waals surface area contributed by atoms with E-state index in [1.165, 1.54) is 0 Å². The third-order valence-electron chi connectivity index (χ3n) is 3.28. The van der Waals surface area contributed by atoms with Crippen molar-refractivity contribution in [3.63, 3.8) is 0 Å². The molecule has 1 amide bonds. The SMILES string of the molecule is O=C(NCCc1nc2ccccc2o1)[C@@H]1CCOC1. The first-order valence-electron chi connectivity index (χ1n) is 6.53. The van der Waals surface area contributed by atoms with E-state index >= 15 is 0 Å². The Kier molecular flexibility index (Phi) is 3.46. The fourth-order valence-corrected chi connectivity index (χ4v) is 2.21. The van der Waals surface area contributed by atoms with Crippen molar-refractivity contribution in [1.82, 2.24) is 10.3 Å². The number of benzene rings is 1. The number of amides is 1. The number of nitrogens with one attached hydrogen (secondary N) is 1. The summed E-state index contributed by atoms with van der Waals surface area (Å²) in [6.07, 6.45) is 1.42. The molecule has 0 saturated carbocycles. The fourth-order valence-electron chi connectivity index (χ4n) is 2.21. The van der Waals surface area contributed by atoms with Crippen LogP contribution in [0.4, 0.5) is 0 Å². The monoisotopic (exact) mass is 260 g/mol. The van der Waals surface area contributed by atoms with E-state index in [4.69, 9.17) is 9.15 Å². The number of carbonyl (C=O) groups is 1. The number of aromatic nitrogens is 1. The van der Waals surface area contributed by atoms with Crippen molar-refractivity contribution in [1.29, 1.82) is 0 Å². The van der Waals surface area contributed by atoms with Gasteiger partial charge >= 0.3 is 0 Å². The number of para-hydroxylation sites is 2. The van der Waals surface area contributed by atoms with Crippen molar-refractivity contribution in [3.8, 4) is 0 Å². The Morgan fingerprint density at radius 3 is 3.11 bits per heavy atom. The molecule has 1 fully saturated rings. The maximum Gasteiger partial charge on any atom is 0.225 e. The Balaban J connectivity index is 1.53. The molecule has 0 radical (unpaired) electrons. The summed E-state index contributed by atoms with van der Waals surface area (Å²) in [6.45, 7) is 1.76. The normalized spacial score (nSPS) is 18.8. The van der Waals surface area contributed by atoms with E-state index in [2.05, 4.69) is 10.3 Å². The van der Waals surface area contributed by atoms with Gasteiger partial charge in [-0.1, -0.05) is 12.1 Å². The summed E-state index contributed by atoms with van der Waals surface area (Å²) in [5, 5.41) is 2.90. The number of rotatable bonds is 4. The Morgan fingerprint density at radius 1 is 1.42 bits per heavy atom. The van der Waals surface area contributed by atoms with Crippen LogP contribution >= 0.6 is 0 Å². The van der Waals surface area contributed by atoms with Crippen LogP contribution in [-0.2, 0) is 16.0 Å². The molecule has 0 spiro atoms. The molecule has 5 nitrogen and oxygen atoms in total. The van der Waals surface area contributed by atoms with Gasteiger partial charge in [-0.2, -0.15) is 0 Å². The van der Waals surface area contributed by atoms with Crippen molar-refractivity contribution in [3.05, 3.63) is 30.2 Å². The molecule has 1 N–H and O–H groups in total. The van der Waals surface area contributed by atoms with Crippen molar-refractivity contribution in [2.45, 2.75) is 12.8 Å². The van der Waals surface area contributed by atoms with Crippen LogP contribution < -0.4 is 5.32 Å². The van der Waals surface area contributed by atoms with Crippen molar-refractivity contribution < 1.29 is 13.9 Å². The molecule has 0 unspecified atom stereocenters. The largest absolute Gasteiger partial charge is 0.441 e. The standard InChI is InChI=1S/C14H16N2O3/c17-14(10-6-8-18-9-10)15-7-5-13-16-11-3-1-2-4-12(11)19-13/h1-4,10H,5-9H2,(H,15,17)/t10-/m1/s1. The quantitative estimate of drug-likeness (QED) is 0.905. The van der Waals surface area contributed by atoms with E-state index in [0.29, 0.717) is 32.1 Å². The lowest BCUT2D eigenvalue weighted by Gasteiger charge is -2.07. The number of ether oxygens (including phenoxy) is 1. The fraction of sp³-hybridized carbons (Fsp3) is 0.429. The highest BCUT2D eigenvalue weighted by Gasteiger charge is 2.22. The molecule has 0 bridgehead atoms. The van der Waals surface area contributed by atoms with Gasteiger partial charge in [0.2, 0.25) is 5.91 Å². The van der Waals surface area contributed by atoms with Gasteiger partial charge in [-0.15, -0.1) is 0 Å². The summed E-state index contributed by atoms with van der Waals surface area (Å²) in [4.78, 5) is 16.1. The van der Waals surface area contributed by atoms with E-state index < -0.39 is 0 Å². The maximum atomic E-state index is 11.8. The summed E-state index contributed by atoms with van der Waals surface area (Å²) in [6, 6.07) is 7.65. The first kappa shape index (κ1) is 12.2. The highest BCUT2D eigenvalue weighted by atomic mass is 16.5. The minimum absolute atomic E-state index is 0.00336. The lowest BCUT2D eigenvalue weighted by molar-refractivity contribution is -0.124. The molecule has 100 valence electrons. The van der Waals surface area contributed by atoms with Crippen molar-refractivity contribution in [2.24, 2.45) is 5.92 Å². The Hall–Kier alpha value is -1.88. The van der Waals surface area contributed by atoms with Gasteiger partial charge in [-0.3, -0.25) is 4.79 Å². The zero-order valence-corrected chi connectivity index (χ0v) is 10.6. The van der Waals surface area contributed by atoms with Gasteiger partial charge in [-0.25, -0.2) is 4.98 Å². The van der Waals surface area contributed by atoms with E-state index in [1.54, 1.807) is 0 Å². The van der Waals surface area contributed by atoms with Crippen molar-refractivity contribution in [2.75, 3.05) is 19.8 Å². The third kappa shape index (κ3) is 2.76. The summed E-state index contributed by atoms with van der Waals surface area (Å²) in [5.74, 6) is 0.724. The van der Waals surface area contributed by atoms with Crippen LogP contribution in [0.5, 0.6) is 0 Å². The molecule has 19 heavy (non-hydrogen) atoms. The molecule has 2 heterocycles. The Bertz CT molecular complexity index is 540. The van der Waals surface area contributed by atoms with Crippen LogP contribution in [0, 0.1) is 5.92 Å². The van der Waals surface area contributed by atoms with Gasteiger partial charge in [0, 0.05) is 19.6 Å². The van der Waals surface area contributed by atoms with Gasteiger partial charge in [0.05, 0.1) is 12.5 Å². The second-order valence-electron chi connectivity index (χ2n) is 4.68. The average Bonchev–Trinajstić information content (AvgIpc) is 3.07. The van der Waals surface area contributed by atoms with E-state index in [1.807, 2.05) is 24.3 Å². The predicted octanol–water partition coefficient (Wildman–Crippen LogP) is 1.52. The molecule has 1 aromatic carbocycles. The second-order valence-corrected chi connectivity index (χ2v) is 4.68. The number of hydrogen-bond donors (Lipinski definition) is 1. The number of oxazole rings is 1. The molecular formula is C14H16N2O3. The van der Waals surface area contributed by atoms with Gasteiger partial charge in [-0.05, 0) is 18.6 Å². The summed E-state index contributed by atoms with van der Waals surface area (Å²) in [7, 11) is 0. The zero-order chi connectivity index (χ0) is 13.1. The van der Waals surface area contributed by atoms with E-state index in [9.17, 15) is 4.79 Å². The van der Waals surface area contributed by atoms with Crippen LogP contribution in [0.3, 0.4) is 0 Å². The Labute approximate surface area is 111 Å². The topological polar surface area (TPSA) is 64.4 Å². The van der Waals surface area contributed by atoms with Crippen molar-refractivity contribution >= 4 is 17.0 Å². The number of hydrogen-bond acceptors (Lipinski definition) is 4. The second kappa shape index (κ2) is 5.40. The average molecular weight is 260 g/mol. The molecule has 1 saturated heterocycles. The van der Waals surface area contributed by atoms with Crippen LogP contribution in [-0.4, -0.2) is 30.6 Å². The molecule has 0 aliphatic carbocycles. The van der Waals surface area contributed by atoms with Crippen LogP contribution in [0.25, 0.3) is 11.1 Å². The molecular weight excluding hydrogens is 244 g/mol. The van der Waals surface area contributed by atoms with E-state index in [0.717, 1.165) is 17.5 Å². The van der Waals surface area contributed by atoms with Gasteiger partial charge < -0.3 is 14.5 Å². The first-order valence-corrected chi connectivity index (χ1v) is 6.53. The molecule has 3 rings (SSSR count). The zero-order valence-electron chi connectivity index (χ0n) is 10.6. The lowest BCUT2D eigenvalue weighted by Crippen LogP contribution is -2.32. The smallest absolute Gasteiger partial charge is 0.225 e. The highest BCUT2D eigenvalue weighted by molar-refractivity contribution is 5.79. The number of carbonyl (C=O) groups excluding carboxylic acids is 1. The number of nitrogens with zero attached hydrogens (tertiary/aromatic N) is 1.